The average molecular weight is 514 g/mol. The molecule has 36 heavy (non-hydrogen) atoms. The van der Waals surface area contributed by atoms with Crippen molar-refractivity contribution >= 4 is 40.2 Å². The van der Waals surface area contributed by atoms with Gasteiger partial charge in [0.15, 0.2) is 0 Å². The molecule has 9 nitrogen and oxygen atoms in total. The third kappa shape index (κ3) is 5.76. The smallest absolute Gasteiger partial charge is 0.268 e. The van der Waals surface area contributed by atoms with Crippen LogP contribution in [-0.2, 0) is 9.59 Å². The number of H-pyrrole nitrogens is 1. The first-order valence-electron chi connectivity index (χ1n) is 12.1. The van der Waals surface area contributed by atoms with Crippen LogP contribution < -0.4 is 20.7 Å². The van der Waals surface area contributed by atoms with Gasteiger partial charge in [-0.1, -0.05) is 32.4 Å². The highest BCUT2D eigenvalue weighted by Gasteiger charge is 2.52. The van der Waals surface area contributed by atoms with E-state index in [1.54, 1.807) is 18.2 Å². The van der Waals surface area contributed by atoms with Crippen LogP contribution in [0.1, 0.15) is 63.4 Å². The molecule has 1 saturated carbocycles. The number of carbonyl (C=O) groups is 3. The number of aromatic amines is 1. The lowest BCUT2D eigenvalue weighted by Crippen LogP contribution is -2.51. The third-order valence-corrected chi connectivity index (χ3v) is 7.11. The maximum atomic E-state index is 13.2. The summed E-state index contributed by atoms with van der Waals surface area (Å²) >= 11 is 6.31. The molecule has 0 radical (unpaired) electrons. The summed E-state index contributed by atoms with van der Waals surface area (Å²) in [5.74, 6) is -0.725. The lowest BCUT2D eigenvalue weighted by atomic mass is 9.87. The zero-order valence-electron chi connectivity index (χ0n) is 21.0. The van der Waals surface area contributed by atoms with E-state index in [0.717, 1.165) is 12.8 Å². The Balaban J connectivity index is 1.47. The lowest BCUT2D eigenvalue weighted by molar-refractivity contribution is -0.125. The fraction of sp³-hybridized carbons (Fsp3) is 0.538. The second-order valence-corrected chi connectivity index (χ2v) is 11.6. The van der Waals surface area contributed by atoms with Gasteiger partial charge in [0.25, 0.3) is 5.91 Å². The van der Waals surface area contributed by atoms with Gasteiger partial charge in [0.2, 0.25) is 11.8 Å². The van der Waals surface area contributed by atoms with Crippen LogP contribution in [0.2, 0.25) is 5.02 Å². The molecule has 1 aromatic heterocycles. The molecule has 2 heterocycles. The molecule has 1 aliphatic carbocycles. The standard InChI is InChI=1S/C26H32ClN5O4/c1-25(2,3)12-20(24(35)29-16(13-28)7-15-11-26(5-6-26)32-22(15)33)31-23(34)19-9-14-8-17(36-4)10-18(27)21(14)30-19/h8-10,15-16,20,30H,5-7,11-12H2,1-4H3,(H,29,35)(H,31,34)(H,32,33). The maximum absolute atomic E-state index is 13.2. The number of nitrogens with zero attached hydrogens (tertiary/aromatic N) is 1. The molecule has 3 unspecified atom stereocenters. The van der Waals surface area contributed by atoms with Crippen molar-refractivity contribution in [2.75, 3.05) is 7.11 Å². The number of benzene rings is 1. The fourth-order valence-electron chi connectivity index (χ4n) is 4.82. The molecule has 2 fully saturated rings. The third-order valence-electron chi connectivity index (χ3n) is 6.81. The largest absolute Gasteiger partial charge is 0.497 e. The van der Waals surface area contributed by atoms with E-state index in [-0.39, 0.29) is 34.9 Å². The number of fused-ring (bicyclic) bond motifs is 1. The number of hydrogen-bond donors (Lipinski definition) is 4. The highest BCUT2D eigenvalue weighted by molar-refractivity contribution is 6.35. The van der Waals surface area contributed by atoms with Crippen molar-refractivity contribution in [3.8, 4) is 11.8 Å². The van der Waals surface area contributed by atoms with Crippen LogP contribution in [0.4, 0.5) is 0 Å². The highest BCUT2D eigenvalue weighted by Crippen LogP contribution is 2.46. The molecule has 1 spiro atoms. The molecule has 3 atom stereocenters. The molecule has 192 valence electrons. The van der Waals surface area contributed by atoms with Gasteiger partial charge in [0.1, 0.15) is 23.5 Å². The van der Waals surface area contributed by atoms with E-state index in [2.05, 4.69) is 27.0 Å². The molecule has 3 amide bonds. The van der Waals surface area contributed by atoms with Crippen molar-refractivity contribution in [3.63, 3.8) is 0 Å². The van der Waals surface area contributed by atoms with Crippen molar-refractivity contribution in [2.24, 2.45) is 11.3 Å². The minimum absolute atomic E-state index is 0.0596. The van der Waals surface area contributed by atoms with Crippen LogP contribution in [0.15, 0.2) is 18.2 Å². The summed E-state index contributed by atoms with van der Waals surface area (Å²) in [6, 6.07) is 5.46. The Morgan fingerprint density at radius 3 is 2.58 bits per heavy atom. The second-order valence-electron chi connectivity index (χ2n) is 11.1. The predicted octanol–water partition coefficient (Wildman–Crippen LogP) is 3.43. The van der Waals surface area contributed by atoms with Gasteiger partial charge in [-0.25, -0.2) is 0 Å². The van der Waals surface area contributed by atoms with Crippen molar-refractivity contribution in [1.82, 2.24) is 20.9 Å². The first-order valence-corrected chi connectivity index (χ1v) is 12.5. The van der Waals surface area contributed by atoms with E-state index in [1.807, 2.05) is 20.8 Å². The Bertz CT molecular complexity index is 1240. The Morgan fingerprint density at radius 2 is 2.00 bits per heavy atom. The van der Waals surface area contributed by atoms with Gasteiger partial charge >= 0.3 is 0 Å². The zero-order valence-corrected chi connectivity index (χ0v) is 21.7. The number of halogens is 1. The number of aromatic nitrogens is 1. The molecular weight excluding hydrogens is 482 g/mol. The normalized spacial score (nSPS) is 19.9. The van der Waals surface area contributed by atoms with Crippen LogP contribution in [0.25, 0.3) is 10.9 Å². The number of amides is 3. The molecule has 2 aliphatic rings. The second kappa shape index (κ2) is 9.66. The summed E-state index contributed by atoms with van der Waals surface area (Å²) in [4.78, 5) is 41.7. The van der Waals surface area contributed by atoms with Gasteiger partial charge in [0.05, 0.1) is 23.7 Å². The average Bonchev–Trinajstić information content (AvgIpc) is 3.27. The van der Waals surface area contributed by atoms with E-state index in [1.165, 1.54) is 7.11 Å². The minimum atomic E-state index is -0.878. The van der Waals surface area contributed by atoms with Crippen molar-refractivity contribution in [2.45, 2.75) is 70.5 Å². The monoisotopic (exact) mass is 513 g/mol. The predicted molar refractivity (Wildman–Crippen MR) is 136 cm³/mol. The molecule has 4 N–H and O–H groups in total. The van der Waals surface area contributed by atoms with Gasteiger partial charge in [-0.15, -0.1) is 0 Å². The quantitative estimate of drug-likeness (QED) is 0.428. The number of carbonyl (C=O) groups excluding carboxylic acids is 3. The summed E-state index contributed by atoms with van der Waals surface area (Å²) in [6.07, 6.45) is 3.21. The number of nitrogens with one attached hydrogen (secondary N) is 4. The summed E-state index contributed by atoms with van der Waals surface area (Å²) in [6.45, 7) is 5.90. The number of ether oxygens (including phenoxy) is 1. The number of hydrogen-bond acceptors (Lipinski definition) is 5. The highest BCUT2D eigenvalue weighted by atomic mass is 35.5. The Labute approximate surface area is 215 Å². The van der Waals surface area contributed by atoms with E-state index < -0.39 is 23.9 Å². The van der Waals surface area contributed by atoms with Crippen molar-refractivity contribution in [3.05, 3.63) is 28.9 Å². The first-order chi connectivity index (χ1) is 16.9. The van der Waals surface area contributed by atoms with E-state index in [0.29, 0.717) is 34.5 Å². The summed E-state index contributed by atoms with van der Waals surface area (Å²) in [5, 5.41) is 19.4. The Hall–Kier alpha value is -3.25. The van der Waals surface area contributed by atoms with E-state index in [4.69, 9.17) is 16.3 Å². The van der Waals surface area contributed by atoms with Gasteiger partial charge in [-0.3, -0.25) is 14.4 Å². The van der Waals surface area contributed by atoms with Crippen molar-refractivity contribution < 1.29 is 19.1 Å². The Morgan fingerprint density at radius 1 is 1.28 bits per heavy atom. The van der Waals surface area contributed by atoms with Crippen LogP contribution in [0.5, 0.6) is 5.75 Å². The van der Waals surface area contributed by atoms with Gasteiger partial charge in [-0.05, 0) is 49.7 Å². The number of rotatable bonds is 8. The van der Waals surface area contributed by atoms with Gasteiger partial charge in [0, 0.05) is 22.9 Å². The van der Waals surface area contributed by atoms with Crippen LogP contribution >= 0.6 is 11.6 Å². The van der Waals surface area contributed by atoms with E-state index in [9.17, 15) is 19.6 Å². The number of nitriles is 1. The molecule has 1 saturated heterocycles. The first kappa shape index (κ1) is 25.8. The molecule has 1 aliphatic heterocycles. The van der Waals surface area contributed by atoms with Crippen molar-refractivity contribution in [1.29, 1.82) is 5.26 Å². The van der Waals surface area contributed by atoms with Crippen LogP contribution in [-0.4, -0.2) is 47.4 Å². The molecule has 1 aromatic carbocycles. The summed E-state index contributed by atoms with van der Waals surface area (Å²) < 4.78 is 5.24. The Kier molecular flexibility index (Phi) is 6.93. The summed E-state index contributed by atoms with van der Waals surface area (Å²) in [7, 11) is 1.53. The minimum Gasteiger partial charge on any atom is -0.497 e. The lowest BCUT2D eigenvalue weighted by Gasteiger charge is -2.27. The van der Waals surface area contributed by atoms with Gasteiger partial charge in [-0.2, -0.15) is 5.26 Å². The van der Waals surface area contributed by atoms with E-state index >= 15 is 0 Å². The number of methoxy groups -OCH3 is 1. The molecule has 2 aromatic rings. The van der Waals surface area contributed by atoms with Crippen LogP contribution in [0, 0.1) is 22.7 Å². The molecular formula is C26H32ClN5O4. The fourth-order valence-corrected chi connectivity index (χ4v) is 5.09. The maximum Gasteiger partial charge on any atom is 0.268 e. The SMILES string of the molecule is COc1cc(Cl)c2[nH]c(C(=O)NC(CC(C)(C)C)C(=O)NC(C#N)CC3CC4(CC4)NC3=O)cc2c1. The van der Waals surface area contributed by atoms with Gasteiger partial charge < -0.3 is 25.7 Å². The molecule has 4 rings (SSSR count). The summed E-state index contributed by atoms with van der Waals surface area (Å²) in [5.41, 5.74) is 0.465. The topological polar surface area (TPSA) is 136 Å². The molecule has 10 heteroatoms. The zero-order chi connectivity index (χ0) is 26.3. The van der Waals surface area contributed by atoms with Crippen LogP contribution in [0.3, 0.4) is 0 Å². The molecule has 0 bridgehead atoms.